The van der Waals surface area contributed by atoms with Crippen LogP contribution in [0.2, 0.25) is 0 Å². The van der Waals surface area contributed by atoms with Crippen LogP contribution in [0.5, 0.6) is 0 Å². The zero-order valence-corrected chi connectivity index (χ0v) is 18.3. The van der Waals surface area contributed by atoms with E-state index in [1.807, 2.05) is 21.6 Å². The minimum absolute atomic E-state index is 0.00495. The number of nitrogens with zero attached hydrogens (tertiary/aromatic N) is 3. The Labute approximate surface area is 176 Å². The Hall–Kier alpha value is -1.62. The van der Waals surface area contributed by atoms with Crippen LogP contribution in [-0.2, 0) is 14.8 Å². The van der Waals surface area contributed by atoms with Gasteiger partial charge in [-0.1, -0.05) is 6.07 Å². The first-order valence-corrected chi connectivity index (χ1v) is 12.6. The van der Waals surface area contributed by atoms with Crippen LogP contribution in [-0.4, -0.2) is 97.4 Å². The average Bonchev–Trinajstić information content (AvgIpc) is 2.74. The van der Waals surface area contributed by atoms with Gasteiger partial charge < -0.3 is 10.2 Å². The molecule has 0 aromatic heterocycles. The Morgan fingerprint density at radius 1 is 1.07 bits per heavy atom. The Kier molecular flexibility index (Phi) is 7.55. The highest BCUT2D eigenvalue weighted by atomic mass is 32.2. The monoisotopic (exact) mass is 440 g/mol. The third-order valence-electron chi connectivity index (χ3n) is 5.15. The molecular formula is C19H28N4O4S2. The van der Waals surface area contributed by atoms with E-state index in [0.29, 0.717) is 37.4 Å². The van der Waals surface area contributed by atoms with Crippen molar-refractivity contribution in [2.24, 2.45) is 0 Å². The van der Waals surface area contributed by atoms with Gasteiger partial charge in [-0.3, -0.25) is 14.5 Å². The van der Waals surface area contributed by atoms with Gasteiger partial charge in [-0.25, -0.2) is 8.42 Å². The summed E-state index contributed by atoms with van der Waals surface area (Å²) in [5.74, 6) is 1.83. The van der Waals surface area contributed by atoms with Crippen LogP contribution in [0.4, 0.5) is 5.69 Å². The number of carbonyl (C=O) groups excluding carboxylic acids is 2. The van der Waals surface area contributed by atoms with E-state index in [9.17, 15) is 18.0 Å². The number of sulfonamides is 1. The first kappa shape index (κ1) is 22.1. The smallest absolute Gasteiger partial charge is 0.253 e. The molecule has 8 nitrogen and oxygen atoms in total. The summed E-state index contributed by atoms with van der Waals surface area (Å²) in [5.41, 5.74) is 1.17. The summed E-state index contributed by atoms with van der Waals surface area (Å²) in [6.45, 7) is 5.19. The van der Waals surface area contributed by atoms with Gasteiger partial charge in [0.25, 0.3) is 5.91 Å². The maximum absolute atomic E-state index is 12.6. The quantitative estimate of drug-likeness (QED) is 0.703. The maximum Gasteiger partial charge on any atom is 0.253 e. The molecule has 2 amide bonds. The number of nitrogens with one attached hydrogen (secondary N) is 1. The van der Waals surface area contributed by atoms with Crippen LogP contribution in [0.25, 0.3) is 0 Å². The predicted molar refractivity (Wildman–Crippen MR) is 116 cm³/mol. The Bertz CT molecular complexity index is 832. The van der Waals surface area contributed by atoms with Crippen LogP contribution in [0, 0.1) is 0 Å². The fraction of sp³-hybridized carbons (Fsp3) is 0.579. The highest BCUT2D eigenvalue weighted by Gasteiger charge is 2.26. The molecule has 2 aliphatic heterocycles. The number of rotatable bonds is 6. The minimum Gasteiger partial charge on any atom is -0.337 e. The molecule has 1 N–H and O–H groups in total. The van der Waals surface area contributed by atoms with Crippen LogP contribution >= 0.6 is 11.8 Å². The third kappa shape index (κ3) is 5.94. The summed E-state index contributed by atoms with van der Waals surface area (Å²) >= 11 is 1.85. The second-order valence-electron chi connectivity index (χ2n) is 7.11. The zero-order valence-electron chi connectivity index (χ0n) is 16.7. The number of thioether (sulfide) groups is 1. The van der Waals surface area contributed by atoms with Crippen molar-refractivity contribution in [1.29, 1.82) is 0 Å². The Balaban J connectivity index is 1.52. The predicted octanol–water partition coefficient (Wildman–Crippen LogP) is 0.781. The van der Waals surface area contributed by atoms with Gasteiger partial charge in [-0.05, 0) is 25.1 Å². The van der Waals surface area contributed by atoms with E-state index >= 15 is 0 Å². The van der Waals surface area contributed by atoms with Gasteiger partial charge in [0.05, 0.1) is 12.3 Å². The van der Waals surface area contributed by atoms with Crippen LogP contribution in [0.1, 0.15) is 17.3 Å². The normalized spacial score (nSPS) is 19.1. The minimum atomic E-state index is -3.18. The van der Waals surface area contributed by atoms with Gasteiger partial charge in [-0.2, -0.15) is 16.1 Å². The van der Waals surface area contributed by atoms with Crippen molar-refractivity contribution in [2.45, 2.75) is 6.92 Å². The molecule has 0 radical (unpaired) electrons. The second-order valence-corrected chi connectivity index (χ2v) is 10.6. The third-order valence-corrected chi connectivity index (χ3v) is 7.97. The first-order valence-electron chi connectivity index (χ1n) is 9.86. The summed E-state index contributed by atoms with van der Waals surface area (Å²) in [6, 6.07) is 7.03. The summed E-state index contributed by atoms with van der Waals surface area (Å²) in [5, 5.41) is 2.85. The Morgan fingerprint density at radius 2 is 1.76 bits per heavy atom. The van der Waals surface area contributed by atoms with Crippen molar-refractivity contribution < 1.29 is 18.0 Å². The number of amides is 2. The fourth-order valence-corrected chi connectivity index (χ4v) is 5.42. The van der Waals surface area contributed by atoms with Gasteiger partial charge in [-0.15, -0.1) is 0 Å². The summed E-state index contributed by atoms with van der Waals surface area (Å²) in [6.07, 6.45) is 0. The lowest BCUT2D eigenvalue weighted by Crippen LogP contribution is -2.50. The first-order chi connectivity index (χ1) is 13.9. The molecule has 1 aromatic rings. The van der Waals surface area contributed by atoms with E-state index in [4.69, 9.17) is 0 Å². The van der Waals surface area contributed by atoms with E-state index in [-0.39, 0.29) is 24.1 Å². The lowest BCUT2D eigenvalue weighted by Gasteiger charge is -2.33. The summed E-state index contributed by atoms with van der Waals surface area (Å²) in [7, 11) is -3.18. The molecule has 0 aliphatic carbocycles. The molecular weight excluding hydrogens is 412 g/mol. The van der Waals surface area contributed by atoms with Crippen molar-refractivity contribution in [3.8, 4) is 0 Å². The molecule has 2 aliphatic rings. The molecule has 160 valence electrons. The molecule has 0 saturated carbocycles. The lowest BCUT2D eigenvalue weighted by atomic mass is 10.1. The molecule has 3 rings (SSSR count). The van der Waals surface area contributed by atoms with Crippen molar-refractivity contribution in [1.82, 2.24) is 14.1 Å². The van der Waals surface area contributed by atoms with E-state index in [1.165, 1.54) is 4.31 Å². The molecule has 2 fully saturated rings. The van der Waals surface area contributed by atoms with Gasteiger partial charge in [0.2, 0.25) is 15.9 Å². The molecule has 10 heteroatoms. The van der Waals surface area contributed by atoms with Crippen LogP contribution in [0.3, 0.4) is 0 Å². The molecule has 0 atom stereocenters. The molecule has 2 saturated heterocycles. The van der Waals surface area contributed by atoms with Crippen LogP contribution < -0.4 is 5.32 Å². The van der Waals surface area contributed by atoms with Crippen molar-refractivity contribution in [3.63, 3.8) is 0 Å². The molecule has 29 heavy (non-hydrogen) atoms. The largest absolute Gasteiger partial charge is 0.337 e. The van der Waals surface area contributed by atoms with Crippen LogP contribution in [0.15, 0.2) is 24.3 Å². The van der Waals surface area contributed by atoms with Gasteiger partial charge in [0.15, 0.2) is 0 Å². The SMILES string of the molecule is CCS(=O)(=O)N1CCN(CC(=O)Nc2cccc(C(=O)N3CCSCC3)c2)CC1. The number of anilines is 1. The topological polar surface area (TPSA) is 90.0 Å². The van der Waals surface area contributed by atoms with Gasteiger partial charge >= 0.3 is 0 Å². The highest BCUT2D eigenvalue weighted by molar-refractivity contribution is 7.99. The van der Waals surface area contributed by atoms with Gasteiger partial charge in [0.1, 0.15) is 0 Å². The van der Waals surface area contributed by atoms with E-state index in [0.717, 1.165) is 24.6 Å². The molecule has 1 aromatic carbocycles. The lowest BCUT2D eigenvalue weighted by molar-refractivity contribution is -0.117. The van der Waals surface area contributed by atoms with Crippen molar-refractivity contribution in [2.75, 3.05) is 68.4 Å². The van der Waals surface area contributed by atoms with E-state index in [2.05, 4.69) is 5.32 Å². The van der Waals surface area contributed by atoms with Crippen molar-refractivity contribution in [3.05, 3.63) is 29.8 Å². The maximum atomic E-state index is 12.6. The second kappa shape index (κ2) is 9.92. The summed E-state index contributed by atoms with van der Waals surface area (Å²) in [4.78, 5) is 28.8. The van der Waals surface area contributed by atoms with E-state index < -0.39 is 10.0 Å². The van der Waals surface area contributed by atoms with Crippen molar-refractivity contribution >= 4 is 39.3 Å². The summed E-state index contributed by atoms with van der Waals surface area (Å²) < 4.78 is 25.3. The number of hydrogen-bond donors (Lipinski definition) is 1. The van der Waals surface area contributed by atoms with Gasteiger partial charge in [0, 0.05) is 62.0 Å². The molecule has 2 heterocycles. The average molecular weight is 441 g/mol. The highest BCUT2D eigenvalue weighted by Crippen LogP contribution is 2.16. The molecule has 0 spiro atoms. The fourth-order valence-electron chi connectivity index (χ4n) is 3.43. The molecule has 0 unspecified atom stereocenters. The number of piperazine rings is 1. The Morgan fingerprint density at radius 3 is 2.41 bits per heavy atom. The van der Waals surface area contributed by atoms with E-state index in [1.54, 1.807) is 31.2 Å². The number of benzene rings is 1. The molecule has 0 bridgehead atoms. The zero-order chi connectivity index (χ0) is 20.9. The number of carbonyl (C=O) groups is 2. The number of hydrogen-bond acceptors (Lipinski definition) is 6. The standard InChI is InChI=1S/C19H28N4O4S2/c1-2-29(26,27)23-8-6-21(7-9-23)15-18(24)20-17-5-3-4-16(14-17)19(25)22-10-12-28-13-11-22/h3-5,14H,2,6-13,15H2,1H3,(H,20,24).